The van der Waals surface area contributed by atoms with Crippen LogP contribution in [0.25, 0.3) is 10.9 Å². The number of rotatable bonds is 3. The van der Waals surface area contributed by atoms with Gasteiger partial charge < -0.3 is 15.0 Å². The van der Waals surface area contributed by atoms with Crippen LogP contribution in [0.4, 0.5) is 4.79 Å². The van der Waals surface area contributed by atoms with Crippen molar-refractivity contribution in [2.45, 2.75) is 25.4 Å². The average molecular weight is 368 g/mol. The number of nitrogens with zero attached hydrogens (tertiary/aromatic N) is 4. The molecule has 0 aliphatic heterocycles. The number of aromatic nitrogens is 3. The van der Waals surface area contributed by atoms with Gasteiger partial charge in [-0.1, -0.05) is 11.6 Å². The van der Waals surface area contributed by atoms with Gasteiger partial charge in [0.05, 0.1) is 23.9 Å². The molecule has 1 aromatic carbocycles. The Hall–Kier alpha value is -3.11. The summed E-state index contributed by atoms with van der Waals surface area (Å²) in [6, 6.07) is 7.52. The lowest BCUT2D eigenvalue weighted by atomic mass is 10.1. The molecule has 26 heavy (non-hydrogen) atoms. The Labute approximate surface area is 153 Å². The van der Waals surface area contributed by atoms with Crippen molar-refractivity contribution in [3.63, 3.8) is 0 Å². The maximum atomic E-state index is 11.0. The lowest BCUT2D eigenvalue weighted by molar-refractivity contribution is 0.190. The van der Waals surface area contributed by atoms with Gasteiger partial charge in [0.1, 0.15) is 0 Å². The second-order valence-electron chi connectivity index (χ2n) is 6.20. The van der Waals surface area contributed by atoms with Crippen LogP contribution in [0.1, 0.15) is 22.5 Å². The lowest BCUT2D eigenvalue weighted by Crippen LogP contribution is -2.34. The average Bonchev–Trinajstić information content (AvgIpc) is 3.14. The Balaban J connectivity index is 1.83. The van der Waals surface area contributed by atoms with Gasteiger partial charge in [0.2, 0.25) is 0 Å². The van der Waals surface area contributed by atoms with Gasteiger partial charge in [0, 0.05) is 41.5 Å². The minimum atomic E-state index is -1.04. The number of nitrogens with one attached hydrogen (secondary N) is 1. The van der Waals surface area contributed by atoms with Crippen molar-refractivity contribution in [2.24, 2.45) is 0 Å². The molecule has 2 heterocycles. The normalized spacial score (nSPS) is 15.6. The zero-order chi connectivity index (χ0) is 18.3. The molecule has 0 spiro atoms. The van der Waals surface area contributed by atoms with E-state index in [1.807, 2.05) is 12.1 Å². The quantitative estimate of drug-likeness (QED) is 0.740. The van der Waals surface area contributed by atoms with E-state index in [1.165, 1.54) is 6.20 Å². The van der Waals surface area contributed by atoms with Crippen LogP contribution >= 0.6 is 11.6 Å². The van der Waals surface area contributed by atoms with Crippen molar-refractivity contribution < 1.29 is 9.90 Å². The van der Waals surface area contributed by atoms with Gasteiger partial charge in [-0.2, -0.15) is 5.26 Å². The largest absolute Gasteiger partial charge is 0.465 e. The molecule has 0 saturated carbocycles. The van der Waals surface area contributed by atoms with Crippen LogP contribution < -0.4 is 5.32 Å². The van der Waals surface area contributed by atoms with E-state index in [1.54, 1.807) is 12.3 Å². The molecular weight excluding hydrogens is 354 g/mol. The molecule has 0 fully saturated rings. The summed E-state index contributed by atoms with van der Waals surface area (Å²) >= 11 is 6.17. The van der Waals surface area contributed by atoms with Crippen LogP contribution in [0.3, 0.4) is 0 Å². The number of fused-ring (bicyclic) bond motifs is 3. The van der Waals surface area contributed by atoms with Crippen LogP contribution in [0.5, 0.6) is 0 Å². The van der Waals surface area contributed by atoms with E-state index in [0.29, 0.717) is 35.8 Å². The van der Waals surface area contributed by atoms with Crippen LogP contribution in [-0.4, -0.2) is 31.8 Å². The van der Waals surface area contributed by atoms with Crippen LogP contribution in [0.15, 0.2) is 30.6 Å². The molecule has 1 aliphatic rings. The number of hydrogen-bond donors (Lipinski definition) is 2. The molecular formula is C18H14ClN5O2. The van der Waals surface area contributed by atoms with E-state index in [9.17, 15) is 10.1 Å². The van der Waals surface area contributed by atoms with Gasteiger partial charge in [-0.15, -0.1) is 0 Å². The SMILES string of the molecule is N#Cc1ccc2c(c1)c1c(n2Cc2nccnc2Cl)CC(NC(=O)O)C1. The summed E-state index contributed by atoms with van der Waals surface area (Å²) in [5.41, 5.74) is 4.30. The van der Waals surface area contributed by atoms with E-state index in [-0.39, 0.29) is 6.04 Å². The van der Waals surface area contributed by atoms with E-state index < -0.39 is 6.09 Å². The Morgan fingerprint density at radius 2 is 2.19 bits per heavy atom. The van der Waals surface area contributed by atoms with E-state index in [2.05, 4.69) is 25.9 Å². The molecule has 1 aliphatic carbocycles. The minimum Gasteiger partial charge on any atom is -0.465 e. The number of amides is 1. The summed E-state index contributed by atoms with van der Waals surface area (Å²) in [6.45, 7) is 0.435. The van der Waals surface area contributed by atoms with Gasteiger partial charge in [-0.3, -0.25) is 4.98 Å². The van der Waals surface area contributed by atoms with Crippen molar-refractivity contribution in [3.05, 3.63) is 58.3 Å². The third-order valence-electron chi connectivity index (χ3n) is 4.66. The number of carbonyl (C=O) groups is 1. The zero-order valence-corrected chi connectivity index (χ0v) is 14.4. The van der Waals surface area contributed by atoms with Crippen molar-refractivity contribution in [2.75, 3.05) is 0 Å². The molecule has 3 aromatic rings. The van der Waals surface area contributed by atoms with Gasteiger partial charge in [-0.05, 0) is 30.2 Å². The second kappa shape index (κ2) is 6.32. The van der Waals surface area contributed by atoms with Gasteiger partial charge in [-0.25, -0.2) is 9.78 Å². The molecule has 1 amide bonds. The van der Waals surface area contributed by atoms with E-state index in [0.717, 1.165) is 22.2 Å². The highest BCUT2D eigenvalue weighted by Crippen LogP contribution is 2.34. The second-order valence-corrected chi connectivity index (χ2v) is 6.56. The predicted octanol–water partition coefficient (Wildman–Crippen LogP) is 2.74. The Kier molecular flexibility index (Phi) is 3.98. The maximum absolute atomic E-state index is 11.0. The van der Waals surface area contributed by atoms with Crippen LogP contribution in [0, 0.1) is 11.3 Å². The van der Waals surface area contributed by atoms with Crippen LogP contribution in [-0.2, 0) is 19.4 Å². The lowest BCUT2D eigenvalue weighted by Gasteiger charge is -2.13. The summed E-state index contributed by atoms with van der Waals surface area (Å²) in [7, 11) is 0. The third-order valence-corrected chi connectivity index (χ3v) is 4.98. The first-order valence-electron chi connectivity index (χ1n) is 8.05. The van der Waals surface area contributed by atoms with Crippen molar-refractivity contribution in [1.82, 2.24) is 19.9 Å². The number of nitriles is 1. The Bertz CT molecular complexity index is 1070. The van der Waals surface area contributed by atoms with Gasteiger partial charge in [0.25, 0.3) is 0 Å². The van der Waals surface area contributed by atoms with Gasteiger partial charge >= 0.3 is 6.09 Å². The van der Waals surface area contributed by atoms with Crippen molar-refractivity contribution >= 4 is 28.6 Å². The Morgan fingerprint density at radius 3 is 2.92 bits per heavy atom. The molecule has 2 N–H and O–H groups in total. The van der Waals surface area contributed by atoms with Crippen LogP contribution in [0.2, 0.25) is 5.15 Å². The highest BCUT2D eigenvalue weighted by molar-refractivity contribution is 6.29. The third kappa shape index (κ3) is 2.74. The monoisotopic (exact) mass is 367 g/mol. The number of hydrogen-bond acceptors (Lipinski definition) is 4. The molecule has 1 atom stereocenters. The maximum Gasteiger partial charge on any atom is 0.404 e. The zero-order valence-electron chi connectivity index (χ0n) is 13.6. The standard InChI is InChI=1S/C18H14ClN5O2/c19-17-14(21-3-4-22-17)9-24-15-2-1-10(8-20)5-12(15)13-6-11(7-16(13)24)23-18(25)26/h1-5,11,23H,6-7,9H2,(H,25,26). The number of benzene rings is 1. The van der Waals surface area contributed by atoms with Crippen molar-refractivity contribution in [1.29, 1.82) is 5.26 Å². The summed E-state index contributed by atoms with van der Waals surface area (Å²) in [6.07, 6.45) is 3.27. The molecule has 2 aromatic heterocycles. The molecule has 1 unspecified atom stereocenters. The molecule has 0 saturated heterocycles. The first-order valence-corrected chi connectivity index (χ1v) is 8.43. The predicted molar refractivity (Wildman–Crippen MR) is 95.2 cm³/mol. The molecule has 4 rings (SSSR count). The molecule has 0 bridgehead atoms. The first kappa shape index (κ1) is 16.4. The highest BCUT2D eigenvalue weighted by Gasteiger charge is 2.29. The number of halogens is 1. The minimum absolute atomic E-state index is 0.184. The molecule has 8 heteroatoms. The smallest absolute Gasteiger partial charge is 0.404 e. The van der Waals surface area contributed by atoms with E-state index >= 15 is 0 Å². The number of carboxylic acid groups (broad SMARTS) is 1. The van der Waals surface area contributed by atoms with E-state index in [4.69, 9.17) is 16.7 Å². The molecule has 7 nitrogen and oxygen atoms in total. The topological polar surface area (TPSA) is 104 Å². The van der Waals surface area contributed by atoms with Crippen molar-refractivity contribution in [3.8, 4) is 6.07 Å². The molecule has 0 radical (unpaired) electrons. The first-order chi connectivity index (χ1) is 12.6. The molecule has 130 valence electrons. The van der Waals surface area contributed by atoms with Gasteiger partial charge in [0.15, 0.2) is 5.15 Å². The highest BCUT2D eigenvalue weighted by atomic mass is 35.5. The summed E-state index contributed by atoms with van der Waals surface area (Å²) in [5.74, 6) is 0. The Morgan fingerprint density at radius 1 is 1.38 bits per heavy atom. The fourth-order valence-corrected chi connectivity index (χ4v) is 3.79. The summed E-state index contributed by atoms with van der Waals surface area (Å²) in [5, 5.41) is 22.1. The summed E-state index contributed by atoms with van der Waals surface area (Å²) < 4.78 is 2.09. The summed E-state index contributed by atoms with van der Waals surface area (Å²) in [4.78, 5) is 19.4. The fourth-order valence-electron chi connectivity index (χ4n) is 3.62. The fraction of sp³-hybridized carbons (Fsp3) is 0.222.